The topological polar surface area (TPSA) is 48.0 Å². The van der Waals surface area contributed by atoms with Crippen LogP contribution in [0.5, 0.6) is 5.75 Å². The van der Waals surface area contributed by atoms with Crippen LogP contribution in [0.4, 0.5) is 4.79 Å². The van der Waals surface area contributed by atoms with Crippen LogP contribution < -0.4 is 4.74 Å². The molecule has 134 valence electrons. The molecule has 1 heterocycles. The van der Waals surface area contributed by atoms with Crippen LogP contribution in [-0.4, -0.2) is 43.9 Å². The molecule has 0 saturated carbocycles. The lowest BCUT2D eigenvalue weighted by molar-refractivity contribution is -0.0997. The number of piperidine rings is 1. The standard InChI is InChI=1S/C19H29NO4/c1-6-22-18(21)24-19(10-11-20(5)13-15(19)4)16-8-7-9-17(12-16)23-14(2)3/h7-9,12,14-15H,6,10-11,13H2,1-5H3/t15-,19+/m0/s1. The summed E-state index contributed by atoms with van der Waals surface area (Å²) >= 11 is 0. The molecule has 0 amide bonds. The predicted molar refractivity (Wildman–Crippen MR) is 93.3 cm³/mol. The molecule has 5 heteroatoms. The first-order chi connectivity index (χ1) is 11.4. The molecule has 1 fully saturated rings. The van der Waals surface area contributed by atoms with Crippen molar-refractivity contribution in [1.29, 1.82) is 0 Å². The molecule has 1 saturated heterocycles. The second kappa shape index (κ2) is 7.88. The fourth-order valence-corrected chi connectivity index (χ4v) is 3.35. The number of nitrogens with zero attached hydrogens (tertiary/aromatic N) is 1. The van der Waals surface area contributed by atoms with Gasteiger partial charge >= 0.3 is 6.16 Å². The van der Waals surface area contributed by atoms with Crippen LogP contribution in [0.15, 0.2) is 24.3 Å². The lowest BCUT2D eigenvalue weighted by Crippen LogP contribution is -2.50. The maximum atomic E-state index is 12.1. The summed E-state index contributed by atoms with van der Waals surface area (Å²) in [4.78, 5) is 14.3. The molecular formula is C19H29NO4. The molecule has 2 atom stereocenters. The molecule has 2 rings (SSSR count). The smallest absolute Gasteiger partial charge is 0.491 e. The van der Waals surface area contributed by atoms with Crippen LogP contribution in [0.3, 0.4) is 0 Å². The van der Waals surface area contributed by atoms with Crippen molar-refractivity contribution in [3.05, 3.63) is 29.8 Å². The van der Waals surface area contributed by atoms with Crippen LogP contribution in [0, 0.1) is 5.92 Å². The molecule has 5 nitrogen and oxygen atoms in total. The molecule has 0 aliphatic carbocycles. The minimum atomic E-state index is -0.685. The van der Waals surface area contributed by atoms with Crippen molar-refractivity contribution in [2.24, 2.45) is 5.92 Å². The first-order valence-corrected chi connectivity index (χ1v) is 8.69. The molecule has 0 bridgehead atoms. The van der Waals surface area contributed by atoms with Gasteiger partial charge in [0.05, 0.1) is 12.7 Å². The number of carbonyl (C=O) groups is 1. The summed E-state index contributed by atoms with van der Waals surface area (Å²) in [5, 5.41) is 0. The van der Waals surface area contributed by atoms with E-state index in [1.54, 1.807) is 6.92 Å². The van der Waals surface area contributed by atoms with E-state index in [1.165, 1.54) is 0 Å². The van der Waals surface area contributed by atoms with Gasteiger partial charge in [-0.2, -0.15) is 0 Å². The van der Waals surface area contributed by atoms with Gasteiger partial charge in [-0.1, -0.05) is 19.1 Å². The summed E-state index contributed by atoms with van der Waals surface area (Å²) in [6.07, 6.45) is 0.218. The first-order valence-electron chi connectivity index (χ1n) is 8.69. The van der Waals surface area contributed by atoms with Gasteiger partial charge in [0.1, 0.15) is 11.4 Å². The monoisotopic (exact) mass is 335 g/mol. The van der Waals surface area contributed by atoms with E-state index in [-0.39, 0.29) is 12.0 Å². The van der Waals surface area contributed by atoms with Gasteiger partial charge in [0, 0.05) is 25.4 Å². The number of benzene rings is 1. The van der Waals surface area contributed by atoms with E-state index >= 15 is 0 Å². The van der Waals surface area contributed by atoms with E-state index in [1.807, 2.05) is 38.1 Å². The van der Waals surface area contributed by atoms with Crippen molar-refractivity contribution in [2.45, 2.75) is 45.8 Å². The predicted octanol–water partition coefficient (Wildman–Crippen LogP) is 3.81. The van der Waals surface area contributed by atoms with Gasteiger partial charge in [-0.3, -0.25) is 0 Å². The highest BCUT2D eigenvalue weighted by Gasteiger charge is 2.45. The summed E-state index contributed by atoms with van der Waals surface area (Å²) < 4.78 is 16.8. The van der Waals surface area contributed by atoms with Crippen molar-refractivity contribution in [1.82, 2.24) is 4.90 Å². The second-order valence-electron chi connectivity index (χ2n) is 6.78. The van der Waals surface area contributed by atoms with E-state index in [4.69, 9.17) is 14.2 Å². The Labute approximate surface area is 144 Å². The summed E-state index contributed by atoms with van der Waals surface area (Å²) in [7, 11) is 2.09. The Morgan fingerprint density at radius 3 is 2.79 bits per heavy atom. The molecule has 0 aromatic heterocycles. The minimum Gasteiger partial charge on any atom is -0.491 e. The van der Waals surface area contributed by atoms with Gasteiger partial charge in [0.2, 0.25) is 0 Å². The van der Waals surface area contributed by atoms with Crippen LogP contribution in [-0.2, 0) is 15.1 Å². The molecule has 0 N–H and O–H groups in total. The zero-order chi connectivity index (χ0) is 17.7. The van der Waals surface area contributed by atoms with Crippen LogP contribution in [0.25, 0.3) is 0 Å². The van der Waals surface area contributed by atoms with Crippen molar-refractivity contribution in [2.75, 3.05) is 26.7 Å². The molecule has 1 aromatic carbocycles. The average Bonchev–Trinajstić information content (AvgIpc) is 2.50. The van der Waals surface area contributed by atoms with E-state index in [9.17, 15) is 4.79 Å². The van der Waals surface area contributed by atoms with Gasteiger partial charge in [-0.15, -0.1) is 0 Å². The largest absolute Gasteiger partial charge is 0.509 e. The highest BCUT2D eigenvalue weighted by atomic mass is 16.7. The molecule has 24 heavy (non-hydrogen) atoms. The van der Waals surface area contributed by atoms with Gasteiger partial charge in [-0.05, 0) is 45.5 Å². The third kappa shape index (κ3) is 4.20. The number of rotatable bonds is 5. The third-order valence-corrected chi connectivity index (χ3v) is 4.47. The lowest BCUT2D eigenvalue weighted by atomic mass is 9.76. The zero-order valence-electron chi connectivity index (χ0n) is 15.4. The summed E-state index contributed by atoms with van der Waals surface area (Å²) in [6, 6.07) is 7.88. The molecular weight excluding hydrogens is 306 g/mol. The number of hydrogen-bond acceptors (Lipinski definition) is 5. The molecule has 0 radical (unpaired) electrons. The van der Waals surface area contributed by atoms with Crippen LogP contribution in [0.1, 0.15) is 39.7 Å². The number of hydrogen-bond donors (Lipinski definition) is 0. The normalized spacial score (nSPS) is 24.7. The number of likely N-dealkylation sites (tertiary alicyclic amines) is 1. The summed E-state index contributed by atoms with van der Waals surface area (Å²) in [5.74, 6) is 0.940. The van der Waals surface area contributed by atoms with Gasteiger partial charge in [0.15, 0.2) is 0 Å². The SMILES string of the molecule is CCOC(=O)O[C@]1(c2cccc(OC(C)C)c2)CCN(C)C[C@@H]1C. The molecule has 1 aliphatic heterocycles. The van der Waals surface area contributed by atoms with E-state index in [0.717, 1.165) is 30.8 Å². The van der Waals surface area contributed by atoms with Crippen molar-refractivity contribution >= 4 is 6.16 Å². The summed E-state index contributed by atoms with van der Waals surface area (Å²) in [5.41, 5.74) is 0.282. The zero-order valence-corrected chi connectivity index (χ0v) is 15.4. The Morgan fingerprint density at radius 1 is 1.42 bits per heavy atom. The minimum absolute atomic E-state index is 0.0945. The van der Waals surface area contributed by atoms with Crippen LogP contribution in [0.2, 0.25) is 0 Å². The van der Waals surface area contributed by atoms with E-state index < -0.39 is 11.8 Å². The highest BCUT2D eigenvalue weighted by molar-refractivity contribution is 5.61. The van der Waals surface area contributed by atoms with Crippen molar-refractivity contribution in [3.8, 4) is 5.75 Å². The highest BCUT2D eigenvalue weighted by Crippen LogP contribution is 2.42. The fourth-order valence-electron chi connectivity index (χ4n) is 3.35. The molecule has 0 spiro atoms. The Morgan fingerprint density at radius 2 is 2.17 bits per heavy atom. The molecule has 1 aromatic rings. The molecule has 1 aliphatic rings. The quantitative estimate of drug-likeness (QED) is 0.766. The maximum Gasteiger partial charge on any atom is 0.509 e. The van der Waals surface area contributed by atoms with Crippen molar-refractivity contribution < 1.29 is 19.0 Å². The Bertz CT molecular complexity index is 560. The molecule has 0 unspecified atom stereocenters. The third-order valence-electron chi connectivity index (χ3n) is 4.47. The Balaban J connectivity index is 2.37. The fraction of sp³-hybridized carbons (Fsp3) is 0.632. The average molecular weight is 335 g/mol. The Hall–Kier alpha value is -1.75. The van der Waals surface area contributed by atoms with Gasteiger partial charge < -0.3 is 19.1 Å². The van der Waals surface area contributed by atoms with Gasteiger partial charge in [0.25, 0.3) is 0 Å². The number of ether oxygens (including phenoxy) is 3. The van der Waals surface area contributed by atoms with Gasteiger partial charge in [-0.25, -0.2) is 4.79 Å². The second-order valence-corrected chi connectivity index (χ2v) is 6.78. The Kier molecular flexibility index (Phi) is 6.10. The lowest BCUT2D eigenvalue weighted by Gasteiger charge is -2.44. The first kappa shape index (κ1) is 18.6. The number of carbonyl (C=O) groups excluding carboxylic acids is 1. The van der Waals surface area contributed by atoms with E-state index in [2.05, 4.69) is 18.9 Å². The van der Waals surface area contributed by atoms with Crippen molar-refractivity contribution in [3.63, 3.8) is 0 Å². The maximum absolute atomic E-state index is 12.1. The summed E-state index contributed by atoms with van der Waals surface area (Å²) in [6.45, 7) is 9.91. The van der Waals surface area contributed by atoms with Crippen LogP contribution >= 0.6 is 0 Å². The van der Waals surface area contributed by atoms with E-state index in [0.29, 0.717) is 6.61 Å².